The van der Waals surface area contributed by atoms with Crippen molar-refractivity contribution in [1.82, 2.24) is 15.2 Å². The van der Waals surface area contributed by atoms with Gasteiger partial charge in [0.2, 0.25) is 5.56 Å². The molecule has 0 aliphatic carbocycles. The fourth-order valence-electron chi connectivity index (χ4n) is 2.87. The summed E-state index contributed by atoms with van der Waals surface area (Å²) in [6.45, 7) is 3.60. The summed E-state index contributed by atoms with van der Waals surface area (Å²) in [7, 11) is 0. The molecule has 2 heterocycles. The van der Waals surface area contributed by atoms with Gasteiger partial charge in [0, 0.05) is 31.9 Å². The summed E-state index contributed by atoms with van der Waals surface area (Å²) in [5.74, 6) is -0.194. The summed E-state index contributed by atoms with van der Waals surface area (Å²) < 4.78 is 5.43. The standard InChI is InChI=1S/C18H21N3O3/c22-17-7-6-15(12-19-17)18(23)20-13-16(14-4-2-1-3-5-14)21-8-10-24-11-9-21/h1-7,12,16H,8-11,13H2,(H,19,22)(H,20,23). The number of pyridine rings is 1. The lowest BCUT2D eigenvalue weighted by Crippen LogP contribution is -2.43. The number of nitrogens with zero attached hydrogens (tertiary/aromatic N) is 1. The van der Waals surface area contributed by atoms with E-state index in [1.54, 1.807) is 0 Å². The van der Waals surface area contributed by atoms with E-state index in [9.17, 15) is 9.59 Å². The Balaban J connectivity index is 1.70. The number of H-pyrrole nitrogens is 1. The van der Waals surface area contributed by atoms with Crippen molar-refractivity contribution in [1.29, 1.82) is 0 Å². The molecular formula is C18H21N3O3. The average Bonchev–Trinajstić information content (AvgIpc) is 2.64. The van der Waals surface area contributed by atoms with Gasteiger partial charge < -0.3 is 15.0 Å². The van der Waals surface area contributed by atoms with Crippen LogP contribution in [0, 0.1) is 0 Å². The van der Waals surface area contributed by atoms with Gasteiger partial charge in [0.15, 0.2) is 0 Å². The number of carbonyl (C=O) groups is 1. The van der Waals surface area contributed by atoms with Gasteiger partial charge in [0.1, 0.15) is 0 Å². The van der Waals surface area contributed by atoms with Gasteiger partial charge in [-0.05, 0) is 11.6 Å². The molecule has 1 fully saturated rings. The van der Waals surface area contributed by atoms with Crippen molar-refractivity contribution >= 4 is 5.91 Å². The molecule has 1 aliphatic heterocycles. The van der Waals surface area contributed by atoms with Crippen LogP contribution in [-0.2, 0) is 4.74 Å². The van der Waals surface area contributed by atoms with E-state index in [0.29, 0.717) is 25.3 Å². The molecule has 126 valence electrons. The number of hydrogen-bond donors (Lipinski definition) is 2. The van der Waals surface area contributed by atoms with Crippen molar-refractivity contribution in [2.45, 2.75) is 6.04 Å². The minimum absolute atomic E-state index is 0.0989. The van der Waals surface area contributed by atoms with Crippen LogP contribution in [0.2, 0.25) is 0 Å². The number of aromatic amines is 1. The maximum absolute atomic E-state index is 12.3. The molecule has 1 aromatic heterocycles. The molecule has 1 aromatic carbocycles. The lowest BCUT2D eigenvalue weighted by molar-refractivity contribution is 0.0162. The van der Waals surface area contributed by atoms with Crippen LogP contribution in [0.5, 0.6) is 0 Å². The van der Waals surface area contributed by atoms with Crippen molar-refractivity contribution in [3.63, 3.8) is 0 Å². The molecule has 1 saturated heterocycles. The monoisotopic (exact) mass is 327 g/mol. The highest BCUT2D eigenvalue weighted by Gasteiger charge is 2.23. The Hall–Kier alpha value is -2.44. The third kappa shape index (κ3) is 4.10. The summed E-state index contributed by atoms with van der Waals surface area (Å²) in [5.41, 5.74) is 1.39. The van der Waals surface area contributed by atoms with Crippen LogP contribution >= 0.6 is 0 Å². The van der Waals surface area contributed by atoms with Crippen LogP contribution in [0.25, 0.3) is 0 Å². The molecule has 6 heteroatoms. The van der Waals surface area contributed by atoms with Gasteiger partial charge >= 0.3 is 0 Å². The zero-order valence-electron chi connectivity index (χ0n) is 13.4. The first-order chi connectivity index (χ1) is 11.7. The minimum Gasteiger partial charge on any atom is -0.379 e. The van der Waals surface area contributed by atoms with Gasteiger partial charge in [-0.3, -0.25) is 14.5 Å². The Bertz CT molecular complexity index is 703. The Morgan fingerprint density at radius 2 is 1.92 bits per heavy atom. The maximum atomic E-state index is 12.3. The number of rotatable bonds is 5. The summed E-state index contributed by atoms with van der Waals surface area (Å²) in [5, 5.41) is 2.97. The van der Waals surface area contributed by atoms with E-state index in [-0.39, 0.29) is 17.5 Å². The van der Waals surface area contributed by atoms with Crippen LogP contribution in [0.3, 0.4) is 0 Å². The zero-order chi connectivity index (χ0) is 16.8. The Morgan fingerprint density at radius 1 is 1.17 bits per heavy atom. The number of hydrogen-bond acceptors (Lipinski definition) is 4. The summed E-state index contributed by atoms with van der Waals surface area (Å²) in [6.07, 6.45) is 1.43. The third-order valence-electron chi connectivity index (χ3n) is 4.17. The fourth-order valence-corrected chi connectivity index (χ4v) is 2.87. The number of amides is 1. The molecule has 2 N–H and O–H groups in total. The minimum atomic E-state index is -0.220. The van der Waals surface area contributed by atoms with Gasteiger partial charge in [-0.15, -0.1) is 0 Å². The van der Waals surface area contributed by atoms with Crippen molar-refractivity contribution in [3.8, 4) is 0 Å². The highest BCUT2D eigenvalue weighted by Crippen LogP contribution is 2.21. The first-order valence-electron chi connectivity index (χ1n) is 8.08. The molecule has 1 unspecified atom stereocenters. The normalized spacial score (nSPS) is 16.5. The lowest BCUT2D eigenvalue weighted by atomic mass is 10.0. The first-order valence-corrected chi connectivity index (χ1v) is 8.08. The van der Waals surface area contributed by atoms with E-state index in [2.05, 4.69) is 27.3 Å². The molecular weight excluding hydrogens is 306 g/mol. The smallest absolute Gasteiger partial charge is 0.252 e. The molecule has 0 radical (unpaired) electrons. The number of aromatic nitrogens is 1. The highest BCUT2D eigenvalue weighted by atomic mass is 16.5. The van der Waals surface area contributed by atoms with Crippen LogP contribution in [0.1, 0.15) is 22.0 Å². The molecule has 0 saturated carbocycles. The second-order valence-corrected chi connectivity index (χ2v) is 5.73. The number of morpholine rings is 1. The summed E-state index contributed by atoms with van der Waals surface area (Å²) in [6, 6.07) is 13.1. The SMILES string of the molecule is O=C(NCC(c1ccccc1)N1CCOCC1)c1ccc(=O)[nH]c1. The van der Waals surface area contributed by atoms with Crippen LogP contribution < -0.4 is 10.9 Å². The predicted molar refractivity (Wildman–Crippen MR) is 91.0 cm³/mol. The highest BCUT2D eigenvalue weighted by molar-refractivity contribution is 5.93. The average molecular weight is 327 g/mol. The number of ether oxygens (including phenoxy) is 1. The molecule has 24 heavy (non-hydrogen) atoms. The molecule has 1 aliphatic rings. The molecule has 6 nitrogen and oxygen atoms in total. The number of benzene rings is 1. The molecule has 0 spiro atoms. The maximum Gasteiger partial charge on any atom is 0.252 e. The van der Waals surface area contributed by atoms with Crippen molar-refractivity contribution < 1.29 is 9.53 Å². The third-order valence-corrected chi connectivity index (χ3v) is 4.17. The van der Waals surface area contributed by atoms with Crippen molar-refractivity contribution in [2.24, 2.45) is 0 Å². The number of nitrogens with one attached hydrogen (secondary N) is 2. The number of carbonyl (C=O) groups excluding carboxylic acids is 1. The Labute approximate surface area is 140 Å². The van der Waals surface area contributed by atoms with Gasteiger partial charge in [-0.2, -0.15) is 0 Å². The van der Waals surface area contributed by atoms with E-state index in [0.717, 1.165) is 13.1 Å². The fraction of sp³-hybridized carbons (Fsp3) is 0.333. The molecule has 0 bridgehead atoms. The van der Waals surface area contributed by atoms with Crippen LogP contribution in [0.4, 0.5) is 0 Å². The molecule has 1 amide bonds. The summed E-state index contributed by atoms with van der Waals surface area (Å²) in [4.78, 5) is 28.2. The van der Waals surface area contributed by atoms with E-state index in [4.69, 9.17) is 4.74 Å². The van der Waals surface area contributed by atoms with Gasteiger partial charge in [0.05, 0.1) is 24.8 Å². The lowest BCUT2D eigenvalue weighted by Gasteiger charge is -2.34. The van der Waals surface area contributed by atoms with Crippen LogP contribution in [0.15, 0.2) is 53.5 Å². The van der Waals surface area contributed by atoms with Gasteiger partial charge in [-0.25, -0.2) is 0 Å². The van der Waals surface area contributed by atoms with Crippen molar-refractivity contribution in [2.75, 3.05) is 32.8 Å². The second kappa shape index (κ2) is 7.90. The quantitative estimate of drug-likeness (QED) is 0.865. The molecule has 3 rings (SSSR count). The van der Waals surface area contributed by atoms with Gasteiger partial charge in [0.25, 0.3) is 5.91 Å². The van der Waals surface area contributed by atoms with Crippen LogP contribution in [-0.4, -0.2) is 48.6 Å². The first kappa shape index (κ1) is 16.4. The Morgan fingerprint density at radius 3 is 2.58 bits per heavy atom. The van der Waals surface area contributed by atoms with E-state index >= 15 is 0 Å². The summed E-state index contributed by atoms with van der Waals surface area (Å²) >= 11 is 0. The zero-order valence-corrected chi connectivity index (χ0v) is 13.4. The largest absolute Gasteiger partial charge is 0.379 e. The predicted octanol–water partition coefficient (Wildman–Crippen LogP) is 1.18. The van der Waals surface area contributed by atoms with E-state index in [1.165, 1.54) is 23.9 Å². The molecule has 1 atom stereocenters. The van der Waals surface area contributed by atoms with Gasteiger partial charge in [-0.1, -0.05) is 30.3 Å². The topological polar surface area (TPSA) is 74.4 Å². The van der Waals surface area contributed by atoms with Crippen molar-refractivity contribution in [3.05, 3.63) is 70.1 Å². The van der Waals surface area contributed by atoms with E-state index < -0.39 is 0 Å². The van der Waals surface area contributed by atoms with E-state index in [1.807, 2.05) is 18.2 Å². The second-order valence-electron chi connectivity index (χ2n) is 5.73. The molecule has 2 aromatic rings. The Kier molecular flexibility index (Phi) is 5.40.